The molecule has 0 spiro atoms. The van der Waals surface area contributed by atoms with Crippen LogP contribution < -0.4 is 5.73 Å². The average molecular weight is 388 g/mol. The van der Waals surface area contributed by atoms with Crippen LogP contribution in [0.2, 0.25) is 0 Å². The fourth-order valence-electron chi connectivity index (χ4n) is 3.40. The van der Waals surface area contributed by atoms with E-state index in [1.54, 1.807) is 11.0 Å². The molecule has 1 amide bonds. The van der Waals surface area contributed by atoms with Gasteiger partial charge in [-0.05, 0) is 32.8 Å². The molecule has 0 aromatic carbocycles. The second kappa shape index (κ2) is 6.96. The number of ether oxygens (including phenoxy) is 1. The molecule has 0 radical (unpaired) electrons. The van der Waals surface area contributed by atoms with E-state index in [4.69, 9.17) is 10.5 Å². The van der Waals surface area contributed by atoms with Crippen molar-refractivity contribution in [2.24, 2.45) is 5.73 Å². The largest absolute Gasteiger partial charge is 0.381 e. The normalized spacial score (nSPS) is 22.1. The van der Waals surface area contributed by atoms with Crippen LogP contribution in [0.5, 0.6) is 0 Å². The number of rotatable bonds is 3. The summed E-state index contributed by atoms with van der Waals surface area (Å²) >= 11 is 1.49. The lowest BCUT2D eigenvalue weighted by molar-refractivity contribution is -0.141. The maximum atomic E-state index is 12.9. The second-order valence-corrected chi connectivity index (χ2v) is 10.1. The summed E-state index contributed by atoms with van der Waals surface area (Å²) in [6.45, 7) is 6.07. The van der Waals surface area contributed by atoms with Gasteiger partial charge in [-0.3, -0.25) is 4.79 Å². The molecule has 140 valence electrons. The zero-order valence-corrected chi connectivity index (χ0v) is 16.3. The van der Waals surface area contributed by atoms with Crippen molar-refractivity contribution in [3.8, 4) is 0 Å². The molecule has 2 saturated heterocycles. The Labute approximate surface area is 152 Å². The Kier molecular flexibility index (Phi) is 5.23. The van der Waals surface area contributed by atoms with Gasteiger partial charge in [0.05, 0.1) is 10.4 Å². The molecule has 2 aliphatic rings. The molecule has 2 aliphatic heterocycles. The van der Waals surface area contributed by atoms with E-state index in [0.717, 1.165) is 9.75 Å². The third-order valence-corrected chi connectivity index (χ3v) is 8.07. The van der Waals surface area contributed by atoms with Gasteiger partial charge in [0.15, 0.2) is 0 Å². The number of thiophene rings is 1. The SMILES string of the molecule is Cc1cc(S(=O)(=O)N2CCN(C(=O)C3(N)CCOCC3)CC2)c(C)s1. The molecular formula is C16H25N3O4S2. The fraction of sp³-hybridized carbons (Fsp3) is 0.688. The molecule has 1 aromatic heterocycles. The highest BCUT2D eigenvalue weighted by Crippen LogP contribution is 2.29. The predicted molar refractivity (Wildman–Crippen MR) is 96.1 cm³/mol. The van der Waals surface area contributed by atoms with Crippen LogP contribution in [-0.4, -0.2) is 68.5 Å². The minimum absolute atomic E-state index is 0.0876. The van der Waals surface area contributed by atoms with Gasteiger partial charge in [0.2, 0.25) is 15.9 Å². The standard InChI is InChI=1S/C16H25N3O4S2/c1-12-11-14(13(2)24-12)25(21,22)19-7-5-18(6-8-19)15(20)16(17)3-9-23-10-4-16/h11H,3-10,17H2,1-2H3. The number of nitrogens with two attached hydrogens (primary N) is 1. The van der Waals surface area contributed by atoms with E-state index in [-0.39, 0.29) is 5.91 Å². The monoisotopic (exact) mass is 387 g/mol. The Hall–Kier alpha value is -1.00. The Morgan fingerprint density at radius 2 is 1.80 bits per heavy atom. The first-order valence-electron chi connectivity index (χ1n) is 8.47. The molecule has 0 saturated carbocycles. The minimum atomic E-state index is -3.51. The highest BCUT2D eigenvalue weighted by molar-refractivity contribution is 7.89. The second-order valence-electron chi connectivity index (χ2n) is 6.74. The van der Waals surface area contributed by atoms with Gasteiger partial charge in [0, 0.05) is 49.1 Å². The van der Waals surface area contributed by atoms with Crippen LogP contribution in [-0.2, 0) is 19.6 Å². The molecule has 7 nitrogen and oxygen atoms in total. The van der Waals surface area contributed by atoms with E-state index in [0.29, 0.717) is 57.1 Å². The van der Waals surface area contributed by atoms with Gasteiger partial charge in [-0.15, -0.1) is 11.3 Å². The van der Waals surface area contributed by atoms with Crippen molar-refractivity contribution in [2.75, 3.05) is 39.4 Å². The Morgan fingerprint density at radius 1 is 1.20 bits per heavy atom. The van der Waals surface area contributed by atoms with Gasteiger partial charge in [-0.2, -0.15) is 4.31 Å². The lowest BCUT2D eigenvalue weighted by Gasteiger charge is -2.40. The molecule has 2 N–H and O–H groups in total. The smallest absolute Gasteiger partial charge is 0.244 e. The third-order valence-electron chi connectivity index (χ3n) is 4.95. The topological polar surface area (TPSA) is 92.9 Å². The molecule has 0 unspecified atom stereocenters. The highest BCUT2D eigenvalue weighted by atomic mass is 32.2. The van der Waals surface area contributed by atoms with E-state index in [2.05, 4.69) is 0 Å². The average Bonchev–Trinajstić information content (AvgIpc) is 2.94. The lowest BCUT2D eigenvalue weighted by Crippen LogP contribution is -2.61. The molecule has 0 bridgehead atoms. The van der Waals surface area contributed by atoms with Crippen molar-refractivity contribution < 1.29 is 17.9 Å². The number of aryl methyl sites for hydroxylation is 2. The summed E-state index contributed by atoms with van der Waals surface area (Å²) < 4.78 is 32.5. The molecule has 0 atom stereocenters. The molecule has 2 fully saturated rings. The maximum absolute atomic E-state index is 12.9. The first kappa shape index (κ1) is 18.8. The third kappa shape index (κ3) is 3.61. The van der Waals surface area contributed by atoms with E-state index in [9.17, 15) is 13.2 Å². The molecule has 25 heavy (non-hydrogen) atoms. The summed E-state index contributed by atoms with van der Waals surface area (Å²) in [5.74, 6) is -0.0876. The van der Waals surface area contributed by atoms with Crippen molar-refractivity contribution in [3.63, 3.8) is 0 Å². The Bertz CT molecular complexity index is 745. The summed E-state index contributed by atoms with van der Waals surface area (Å²) in [5.41, 5.74) is 5.39. The highest BCUT2D eigenvalue weighted by Gasteiger charge is 2.41. The van der Waals surface area contributed by atoms with Gasteiger partial charge in [0.1, 0.15) is 0 Å². The number of hydrogen-bond acceptors (Lipinski definition) is 6. The number of sulfonamides is 1. The van der Waals surface area contributed by atoms with Crippen molar-refractivity contribution in [1.82, 2.24) is 9.21 Å². The number of piperazine rings is 1. The van der Waals surface area contributed by atoms with Gasteiger partial charge in [-0.1, -0.05) is 0 Å². The summed E-state index contributed by atoms with van der Waals surface area (Å²) in [6, 6.07) is 1.73. The quantitative estimate of drug-likeness (QED) is 0.824. The van der Waals surface area contributed by atoms with Crippen molar-refractivity contribution >= 4 is 27.3 Å². The summed E-state index contributed by atoms with van der Waals surface area (Å²) in [5, 5.41) is 0. The van der Waals surface area contributed by atoms with E-state index in [1.165, 1.54) is 15.6 Å². The summed E-state index contributed by atoms with van der Waals surface area (Å²) in [7, 11) is -3.51. The van der Waals surface area contributed by atoms with Crippen molar-refractivity contribution in [1.29, 1.82) is 0 Å². The van der Waals surface area contributed by atoms with Gasteiger partial charge in [0.25, 0.3) is 0 Å². The van der Waals surface area contributed by atoms with Crippen molar-refractivity contribution in [3.05, 3.63) is 15.8 Å². The number of carbonyl (C=O) groups excluding carboxylic acids is 1. The van der Waals surface area contributed by atoms with Crippen LogP contribution in [0.15, 0.2) is 11.0 Å². The van der Waals surface area contributed by atoms with Gasteiger partial charge in [-0.25, -0.2) is 8.42 Å². The zero-order chi connectivity index (χ0) is 18.2. The summed E-state index contributed by atoms with van der Waals surface area (Å²) in [4.78, 5) is 16.6. The minimum Gasteiger partial charge on any atom is -0.381 e. The first-order chi connectivity index (χ1) is 11.7. The van der Waals surface area contributed by atoms with Crippen LogP contribution >= 0.6 is 11.3 Å². The van der Waals surface area contributed by atoms with Gasteiger partial charge < -0.3 is 15.4 Å². The van der Waals surface area contributed by atoms with E-state index >= 15 is 0 Å². The fourth-order valence-corrected chi connectivity index (χ4v) is 6.34. The zero-order valence-electron chi connectivity index (χ0n) is 14.7. The van der Waals surface area contributed by atoms with Crippen LogP contribution in [0.3, 0.4) is 0 Å². The number of hydrogen-bond donors (Lipinski definition) is 1. The summed E-state index contributed by atoms with van der Waals surface area (Å²) in [6.07, 6.45) is 1.02. The molecule has 9 heteroatoms. The van der Waals surface area contributed by atoms with Crippen LogP contribution in [0.1, 0.15) is 22.6 Å². The van der Waals surface area contributed by atoms with Crippen LogP contribution in [0, 0.1) is 13.8 Å². The van der Waals surface area contributed by atoms with Gasteiger partial charge >= 0.3 is 0 Å². The Morgan fingerprint density at radius 3 is 2.32 bits per heavy atom. The molecule has 3 heterocycles. The molecule has 0 aliphatic carbocycles. The van der Waals surface area contributed by atoms with E-state index < -0.39 is 15.6 Å². The molecular weight excluding hydrogens is 362 g/mol. The number of carbonyl (C=O) groups is 1. The number of nitrogens with zero attached hydrogens (tertiary/aromatic N) is 2. The lowest BCUT2D eigenvalue weighted by atomic mass is 9.89. The Balaban J connectivity index is 1.67. The molecule has 1 aromatic rings. The predicted octanol–water partition coefficient (Wildman–Crippen LogP) is 0.706. The molecule has 3 rings (SSSR count). The van der Waals surface area contributed by atoms with Crippen LogP contribution in [0.25, 0.3) is 0 Å². The van der Waals surface area contributed by atoms with E-state index in [1.807, 2.05) is 13.8 Å². The van der Waals surface area contributed by atoms with Crippen LogP contribution in [0.4, 0.5) is 0 Å². The maximum Gasteiger partial charge on any atom is 0.244 e. The number of amides is 1. The van der Waals surface area contributed by atoms with Crippen molar-refractivity contribution in [2.45, 2.75) is 37.1 Å². The first-order valence-corrected chi connectivity index (χ1v) is 10.7.